The summed E-state index contributed by atoms with van der Waals surface area (Å²) in [6, 6.07) is 1.67. The lowest BCUT2D eigenvalue weighted by Crippen LogP contribution is -2.37. The molecule has 134 valence electrons. The minimum atomic E-state index is -0.486. The van der Waals surface area contributed by atoms with Crippen LogP contribution in [0.15, 0.2) is 18.7 Å². The third kappa shape index (κ3) is 3.42. The second-order valence-corrected chi connectivity index (χ2v) is 6.34. The summed E-state index contributed by atoms with van der Waals surface area (Å²) in [7, 11) is 1.31. The molecule has 0 aliphatic carbocycles. The molecule has 0 aromatic carbocycles. The Bertz CT molecular complexity index is 712. The van der Waals surface area contributed by atoms with Crippen LogP contribution in [0.3, 0.4) is 0 Å². The Kier molecular flexibility index (Phi) is 4.87. The number of fused-ring (bicyclic) bond motifs is 1. The van der Waals surface area contributed by atoms with Crippen molar-refractivity contribution in [2.24, 2.45) is 5.92 Å². The van der Waals surface area contributed by atoms with Gasteiger partial charge in [-0.15, -0.1) is 6.58 Å². The predicted molar refractivity (Wildman–Crippen MR) is 88.5 cm³/mol. The van der Waals surface area contributed by atoms with Gasteiger partial charge >= 0.3 is 5.97 Å². The van der Waals surface area contributed by atoms with Gasteiger partial charge in [-0.3, -0.25) is 14.3 Å². The van der Waals surface area contributed by atoms with E-state index in [-0.39, 0.29) is 29.8 Å². The zero-order valence-corrected chi connectivity index (χ0v) is 14.3. The zero-order valence-electron chi connectivity index (χ0n) is 14.3. The molecule has 2 amide bonds. The summed E-state index contributed by atoms with van der Waals surface area (Å²) in [5.41, 5.74) is 1.05. The van der Waals surface area contributed by atoms with Crippen molar-refractivity contribution in [2.75, 3.05) is 26.7 Å². The summed E-state index contributed by atoms with van der Waals surface area (Å²) in [6.07, 6.45) is 2.66. The summed E-state index contributed by atoms with van der Waals surface area (Å²) in [5, 5.41) is 4.25. The van der Waals surface area contributed by atoms with Crippen molar-refractivity contribution >= 4 is 17.8 Å². The summed E-state index contributed by atoms with van der Waals surface area (Å²) < 4.78 is 6.45. The van der Waals surface area contributed by atoms with Crippen molar-refractivity contribution < 1.29 is 19.1 Å². The first-order chi connectivity index (χ1) is 12.0. The highest BCUT2D eigenvalue weighted by atomic mass is 16.5. The first-order valence-electron chi connectivity index (χ1n) is 8.36. The van der Waals surface area contributed by atoms with Gasteiger partial charge in [0.2, 0.25) is 11.8 Å². The van der Waals surface area contributed by atoms with Crippen LogP contribution >= 0.6 is 0 Å². The van der Waals surface area contributed by atoms with Crippen LogP contribution in [-0.2, 0) is 27.4 Å². The van der Waals surface area contributed by atoms with Gasteiger partial charge in [0.05, 0.1) is 25.3 Å². The molecule has 1 fully saturated rings. The third-order valence-electron chi connectivity index (χ3n) is 4.63. The molecular formula is C17H22N4O4. The van der Waals surface area contributed by atoms with Gasteiger partial charge in [-0.25, -0.2) is 4.79 Å². The molecule has 0 unspecified atom stereocenters. The number of carbonyl (C=O) groups excluding carboxylic acids is 3. The van der Waals surface area contributed by atoms with Crippen LogP contribution in [-0.4, -0.2) is 64.1 Å². The van der Waals surface area contributed by atoms with Gasteiger partial charge < -0.3 is 14.5 Å². The van der Waals surface area contributed by atoms with E-state index >= 15 is 0 Å². The highest BCUT2D eigenvalue weighted by Crippen LogP contribution is 2.23. The van der Waals surface area contributed by atoms with E-state index in [1.807, 2.05) is 0 Å². The molecule has 0 saturated carbocycles. The molecule has 0 radical (unpaired) electrons. The van der Waals surface area contributed by atoms with Crippen LogP contribution in [0.5, 0.6) is 0 Å². The Morgan fingerprint density at radius 1 is 1.44 bits per heavy atom. The number of esters is 1. The van der Waals surface area contributed by atoms with E-state index < -0.39 is 5.97 Å². The molecule has 3 heterocycles. The van der Waals surface area contributed by atoms with Crippen molar-refractivity contribution in [3.05, 3.63) is 30.1 Å². The first-order valence-corrected chi connectivity index (χ1v) is 8.36. The standard InChI is InChI=1S/C17H22N4O4/c1-3-5-19-10-12(8-15(19)22)16(23)20-6-4-7-21-13(11-20)9-14(18-21)17(24)25-2/h3,9,12H,1,4-8,10-11H2,2H3/t12-/m1/s1. The molecule has 8 heteroatoms. The Hall–Kier alpha value is -2.64. The SMILES string of the molecule is C=CCN1C[C@H](C(=O)N2CCCn3nc(C(=O)OC)cc3C2)CC1=O. The lowest BCUT2D eigenvalue weighted by molar-refractivity contribution is -0.136. The molecule has 1 aromatic rings. The number of nitrogens with zero attached hydrogens (tertiary/aromatic N) is 4. The van der Waals surface area contributed by atoms with Crippen molar-refractivity contribution in [2.45, 2.75) is 25.9 Å². The number of hydrogen-bond donors (Lipinski definition) is 0. The van der Waals surface area contributed by atoms with Gasteiger partial charge in [-0.2, -0.15) is 5.10 Å². The fraction of sp³-hybridized carbons (Fsp3) is 0.529. The zero-order chi connectivity index (χ0) is 18.0. The van der Waals surface area contributed by atoms with Crippen LogP contribution in [0.4, 0.5) is 0 Å². The average Bonchev–Trinajstić information content (AvgIpc) is 3.11. The van der Waals surface area contributed by atoms with Crippen LogP contribution in [0.25, 0.3) is 0 Å². The molecule has 8 nitrogen and oxygen atoms in total. The Balaban J connectivity index is 1.72. The van der Waals surface area contributed by atoms with Gasteiger partial charge in [0.15, 0.2) is 5.69 Å². The topological polar surface area (TPSA) is 84.7 Å². The maximum absolute atomic E-state index is 12.9. The largest absolute Gasteiger partial charge is 0.464 e. The quantitative estimate of drug-likeness (QED) is 0.583. The summed E-state index contributed by atoms with van der Waals surface area (Å²) in [6.45, 7) is 6.19. The molecule has 0 bridgehead atoms. The molecular weight excluding hydrogens is 324 g/mol. The lowest BCUT2D eigenvalue weighted by atomic mass is 10.1. The molecule has 3 rings (SSSR count). The number of aryl methyl sites for hydroxylation is 1. The van der Waals surface area contributed by atoms with E-state index in [9.17, 15) is 14.4 Å². The van der Waals surface area contributed by atoms with Gasteiger partial charge in [-0.05, 0) is 12.5 Å². The van der Waals surface area contributed by atoms with Crippen LogP contribution in [0.2, 0.25) is 0 Å². The van der Waals surface area contributed by atoms with E-state index in [2.05, 4.69) is 11.7 Å². The average molecular weight is 346 g/mol. The summed E-state index contributed by atoms with van der Waals surface area (Å²) in [4.78, 5) is 39.9. The number of methoxy groups -OCH3 is 1. The number of ether oxygens (including phenoxy) is 1. The number of rotatable bonds is 4. The van der Waals surface area contributed by atoms with E-state index in [1.165, 1.54) is 7.11 Å². The van der Waals surface area contributed by atoms with Crippen molar-refractivity contribution in [3.63, 3.8) is 0 Å². The van der Waals surface area contributed by atoms with Crippen LogP contribution in [0.1, 0.15) is 29.0 Å². The fourth-order valence-electron chi connectivity index (χ4n) is 3.38. The monoisotopic (exact) mass is 346 g/mol. The van der Waals surface area contributed by atoms with Gasteiger partial charge in [0, 0.05) is 32.6 Å². The lowest BCUT2D eigenvalue weighted by Gasteiger charge is -2.23. The molecule has 2 aliphatic heterocycles. The van der Waals surface area contributed by atoms with Gasteiger partial charge in [0.1, 0.15) is 0 Å². The van der Waals surface area contributed by atoms with E-state index in [0.717, 1.165) is 12.1 Å². The second kappa shape index (κ2) is 7.08. The van der Waals surface area contributed by atoms with Crippen molar-refractivity contribution in [3.8, 4) is 0 Å². The third-order valence-corrected chi connectivity index (χ3v) is 4.63. The molecule has 1 atom stereocenters. The molecule has 2 aliphatic rings. The number of hydrogen-bond acceptors (Lipinski definition) is 5. The second-order valence-electron chi connectivity index (χ2n) is 6.34. The minimum Gasteiger partial charge on any atom is -0.464 e. The smallest absolute Gasteiger partial charge is 0.358 e. The normalized spacial score (nSPS) is 20.2. The molecule has 0 N–H and O–H groups in total. The minimum absolute atomic E-state index is 0.00825. The number of amides is 2. The maximum Gasteiger partial charge on any atom is 0.358 e. The van der Waals surface area contributed by atoms with E-state index in [4.69, 9.17) is 4.74 Å². The Morgan fingerprint density at radius 3 is 2.96 bits per heavy atom. The molecule has 1 aromatic heterocycles. The number of aromatic nitrogens is 2. The highest BCUT2D eigenvalue weighted by molar-refractivity contribution is 5.89. The molecule has 1 saturated heterocycles. The van der Waals surface area contributed by atoms with Gasteiger partial charge in [0.25, 0.3) is 0 Å². The van der Waals surface area contributed by atoms with Crippen molar-refractivity contribution in [1.29, 1.82) is 0 Å². The van der Waals surface area contributed by atoms with Gasteiger partial charge in [-0.1, -0.05) is 6.08 Å². The van der Waals surface area contributed by atoms with Crippen LogP contribution < -0.4 is 0 Å². The van der Waals surface area contributed by atoms with Crippen molar-refractivity contribution in [1.82, 2.24) is 19.6 Å². The number of likely N-dealkylation sites (tertiary alicyclic amines) is 1. The predicted octanol–water partition coefficient (Wildman–Crippen LogP) is 0.436. The molecule has 0 spiro atoms. The Labute approximate surface area is 146 Å². The van der Waals surface area contributed by atoms with Crippen LogP contribution in [0, 0.1) is 5.92 Å². The first kappa shape index (κ1) is 17.2. The highest BCUT2D eigenvalue weighted by Gasteiger charge is 2.36. The number of carbonyl (C=O) groups is 3. The molecule has 25 heavy (non-hydrogen) atoms. The van der Waals surface area contributed by atoms with E-state index in [1.54, 1.807) is 26.6 Å². The fourth-order valence-corrected chi connectivity index (χ4v) is 3.38. The maximum atomic E-state index is 12.9. The Morgan fingerprint density at radius 2 is 2.24 bits per heavy atom. The van der Waals surface area contributed by atoms with E-state index in [0.29, 0.717) is 32.7 Å². The summed E-state index contributed by atoms with van der Waals surface area (Å²) in [5.74, 6) is -0.831. The summed E-state index contributed by atoms with van der Waals surface area (Å²) >= 11 is 0.